The molecule has 1 heterocycles. The minimum atomic E-state index is 0.128. The van der Waals surface area contributed by atoms with Crippen molar-refractivity contribution in [3.63, 3.8) is 0 Å². The molecule has 40 heavy (non-hydrogen) atoms. The number of aromatic amines is 1. The maximum absolute atomic E-state index is 11.0. The zero-order valence-corrected chi connectivity index (χ0v) is 25.6. The number of H-pyrrole nitrogens is 1. The van der Waals surface area contributed by atoms with E-state index in [9.17, 15) is 15.3 Å². The monoisotopic (exact) mass is 549 g/mol. The van der Waals surface area contributed by atoms with E-state index in [2.05, 4.69) is 57.6 Å². The van der Waals surface area contributed by atoms with Crippen molar-refractivity contribution in [2.45, 2.75) is 91.9 Å². The minimum Gasteiger partial charge on any atom is -0.396 e. The van der Waals surface area contributed by atoms with Crippen LogP contribution in [-0.2, 0) is 6.42 Å². The highest BCUT2D eigenvalue weighted by Crippen LogP contribution is 2.82. The van der Waals surface area contributed by atoms with Gasteiger partial charge in [-0.05, 0) is 139 Å². The highest BCUT2D eigenvalue weighted by atomic mass is 16.3. The van der Waals surface area contributed by atoms with E-state index in [1.54, 1.807) is 5.57 Å². The van der Waals surface area contributed by atoms with Crippen molar-refractivity contribution in [1.82, 2.24) is 4.98 Å². The molecule has 4 nitrogen and oxygen atoms in total. The van der Waals surface area contributed by atoms with E-state index in [0.717, 1.165) is 25.7 Å². The summed E-state index contributed by atoms with van der Waals surface area (Å²) < 4.78 is 0. The highest BCUT2D eigenvalue weighted by molar-refractivity contribution is 5.49. The van der Waals surface area contributed by atoms with Crippen molar-refractivity contribution < 1.29 is 15.3 Å². The molecule has 10 atom stereocenters. The number of hydrogen-bond acceptors (Lipinski definition) is 3. The molecular weight excluding hydrogens is 494 g/mol. The van der Waals surface area contributed by atoms with E-state index in [1.165, 1.54) is 49.7 Å². The van der Waals surface area contributed by atoms with Gasteiger partial charge in [-0.15, -0.1) is 0 Å². The Kier molecular flexibility index (Phi) is 7.28. The summed E-state index contributed by atoms with van der Waals surface area (Å²) >= 11 is 0. The summed E-state index contributed by atoms with van der Waals surface area (Å²) in [5, 5.41) is 31.0. The third-order valence-corrected chi connectivity index (χ3v) is 13.8. The number of nitrogens with one attached hydrogen (secondary N) is 1. The van der Waals surface area contributed by atoms with E-state index in [0.29, 0.717) is 41.4 Å². The van der Waals surface area contributed by atoms with E-state index in [4.69, 9.17) is 0 Å². The number of fused-ring (bicyclic) bond motifs is 4. The number of hydrogen-bond donors (Lipinski definition) is 4. The predicted molar refractivity (Wildman–Crippen MR) is 161 cm³/mol. The second kappa shape index (κ2) is 10.1. The molecule has 0 saturated heterocycles. The second-order valence-corrected chi connectivity index (χ2v) is 15.9. The van der Waals surface area contributed by atoms with Crippen LogP contribution in [0.1, 0.15) is 91.0 Å². The van der Waals surface area contributed by atoms with Gasteiger partial charge in [0.25, 0.3) is 0 Å². The van der Waals surface area contributed by atoms with E-state index in [-0.39, 0.29) is 41.5 Å². The SMILES string of the molecule is C=C1C=C2[C@]3(CC[C@@H](C[C@H](CO)Cc4cc[nH]c4)C3)C[C@]3(CC[C@@H](CCCO)[C@@H]3CO)[C@H](C)[C@@]2(C)[C@H]2[C@@H]1C2(C)C. The lowest BCUT2D eigenvalue weighted by atomic mass is 9.41. The number of allylic oxidation sites excluding steroid dienone is 3. The minimum absolute atomic E-state index is 0.128. The molecule has 6 rings (SSSR count). The molecule has 4 saturated carbocycles. The quantitative estimate of drug-likeness (QED) is 0.270. The van der Waals surface area contributed by atoms with Crippen LogP contribution >= 0.6 is 0 Å². The molecule has 0 amide bonds. The molecule has 0 unspecified atom stereocenters. The summed E-state index contributed by atoms with van der Waals surface area (Å²) in [6.07, 6.45) is 17.9. The van der Waals surface area contributed by atoms with E-state index >= 15 is 0 Å². The molecule has 4 fully saturated rings. The lowest BCUT2D eigenvalue weighted by Crippen LogP contribution is -2.56. The number of rotatable bonds is 9. The molecule has 4 heteroatoms. The van der Waals surface area contributed by atoms with Crippen LogP contribution in [0.15, 0.2) is 42.3 Å². The molecule has 1 aromatic heterocycles. The van der Waals surface area contributed by atoms with Crippen LogP contribution in [-0.4, -0.2) is 40.1 Å². The van der Waals surface area contributed by atoms with Crippen LogP contribution in [0.4, 0.5) is 0 Å². The summed E-state index contributed by atoms with van der Waals surface area (Å²) in [4.78, 5) is 3.18. The Morgan fingerprint density at radius 1 is 1.12 bits per heavy atom. The highest BCUT2D eigenvalue weighted by Gasteiger charge is 2.76. The fourth-order valence-corrected chi connectivity index (χ4v) is 12.2. The van der Waals surface area contributed by atoms with Crippen LogP contribution in [0.25, 0.3) is 0 Å². The largest absolute Gasteiger partial charge is 0.396 e. The summed E-state index contributed by atoms with van der Waals surface area (Å²) in [7, 11) is 0. The normalized spacial score (nSPS) is 44.1. The van der Waals surface area contributed by atoms with Crippen molar-refractivity contribution in [1.29, 1.82) is 0 Å². The molecule has 5 aliphatic carbocycles. The maximum Gasteiger partial charge on any atom is 0.0467 e. The lowest BCUT2D eigenvalue weighted by Gasteiger charge is -2.63. The van der Waals surface area contributed by atoms with Gasteiger partial charge < -0.3 is 20.3 Å². The number of aliphatic hydroxyl groups is 3. The van der Waals surface area contributed by atoms with Crippen molar-refractivity contribution in [2.24, 2.45) is 63.1 Å². The lowest BCUT2D eigenvalue weighted by molar-refractivity contribution is -0.0912. The third kappa shape index (κ3) is 4.09. The fraction of sp³-hybridized carbons (Fsp3) is 0.778. The summed E-state index contributed by atoms with van der Waals surface area (Å²) in [6, 6.07) is 2.14. The average Bonchev–Trinajstić information content (AvgIpc) is 3.39. The molecule has 0 aromatic carbocycles. The van der Waals surface area contributed by atoms with Crippen LogP contribution in [0.2, 0.25) is 0 Å². The molecule has 0 radical (unpaired) electrons. The third-order valence-electron chi connectivity index (χ3n) is 13.8. The predicted octanol–water partition coefficient (Wildman–Crippen LogP) is 6.93. The van der Waals surface area contributed by atoms with Gasteiger partial charge in [-0.1, -0.05) is 51.5 Å². The zero-order valence-electron chi connectivity index (χ0n) is 25.6. The molecule has 5 aliphatic rings. The van der Waals surface area contributed by atoms with Crippen LogP contribution in [0, 0.1) is 63.1 Å². The fourth-order valence-electron chi connectivity index (χ4n) is 12.2. The summed E-state index contributed by atoms with van der Waals surface area (Å²) in [5.74, 6) is 3.51. The van der Waals surface area contributed by atoms with Gasteiger partial charge in [0, 0.05) is 32.2 Å². The van der Waals surface area contributed by atoms with Gasteiger partial charge in [0.1, 0.15) is 0 Å². The first-order valence-corrected chi connectivity index (χ1v) is 16.4. The van der Waals surface area contributed by atoms with E-state index in [1.807, 2.05) is 6.20 Å². The Labute approximate surface area is 242 Å². The standard InChI is InChI=1S/C36H55NO3/c1-23-15-30-34(5,32-31(23)33(32,3)4)24(2)36(12-9-28(7-6-14-38)29(36)21-40)22-35(30)11-8-25(18-35)16-27(20-39)17-26-10-13-37-19-26/h10,13,15,19,24-25,27-29,31-32,37-40H,1,6-9,11-12,14,16-18,20-22H2,2-5H3/t24-,25+,27+,28-,29+,31-,32+,34-,35+,36-/m1/s1. The van der Waals surface area contributed by atoms with Gasteiger partial charge >= 0.3 is 0 Å². The first-order chi connectivity index (χ1) is 19.1. The Hall–Kier alpha value is -1.36. The van der Waals surface area contributed by atoms with Crippen LogP contribution in [0.3, 0.4) is 0 Å². The Morgan fingerprint density at radius 3 is 2.60 bits per heavy atom. The average molecular weight is 550 g/mol. The van der Waals surface area contributed by atoms with Crippen molar-refractivity contribution in [2.75, 3.05) is 19.8 Å². The van der Waals surface area contributed by atoms with E-state index < -0.39 is 0 Å². The second-order valence-electron chi connectivity index (χ2n) is 15.9. The first-order valence-electron chi connectivity index (χ1n) is 16.4. The summed E-state index contributed by atoms with van der Waals surface area (Å²) in [6.45, 7) is 15.6. The zero-order chi connectivity index (χ0) is 28.5. The van der Waals surface area contributed by atoms with Crippen molar-refractivity contribution in [3.05, 3.63) is 47.8 Å². The van der Waals surface area contributed by atoms with Gasteiger partial charge in [0.05, 0.1) is 0 Å². The van der Waals surface area contributed by atoms with Crippen molar-refractivity contribution >= 4 is 0 Å². The molecule has 1 aromatic rings. The molecule has 2 spiro atoms. The Bertz CT molecular complexity index is 1120. The molecule has 0 aliphatic heterocycles. The van der Waals surface area contributed by atoms with Gasteiger partial charge in [0.2, 0.25) is 0 Å². The summed E-state index contributed by atoms with van der Waals surface area (Å²) in [5.41, 5.74) is 5.09. The van der Waals surface area contributed by atoms with Gasteiger partial charge in [-0.25, -0.2) is 0 Å². The topological polar surface area (TPSA) is 76.5 Å². The molecular formula is C36H55NO3. The molecule has 222 valence electrons. The van der Waals surface area contributed by atoms with Gasteiger partial charge in [-0.2, -0.15) is 0 Å². The Morgan fingerprint density at radius 2 is 1.93 bits per heavy atom. The van der Waals surface area contributed by atoms with Crippen molar-refractivity contribution in [3.8, 4) is 0 Å². The number of aliphatic hydroxyl groups excluding tert-OH is 3. The van der Waals surface area contributed by atoms with Gasteiger partial charge in [0.15, 0.2) is 0 Å². The maximum atomic E-state index is 11.0. The number of aromatic nitrogens is 1. The molecule has 0 bridgehead atoms. The van der Waals surface area contributed by atoms with Crippen LogP contribution in [0.5, 0.6) is 0 Å². The Balaban J connectivity index is 1.36. The van der Waals surface area contributed by atoms with Crippen LogP contribution < -0.4 is 0 Å². The smallest absolute Gasteiger partial charge is 0.0467 e. The first kappa shape index (κ1) is 28.7. The molecule has 4 N–H and O–H groups in total. The van der Waals surface area contributed by atoms with Gasteiger partial charge in [-0.3, -0.25) is 0 Å².